The van der Waals surface area contributed by atoms with Gasteiger partial charge in [-0.2, -0.15) is 0 Å². The first-order chi connectivity index (χ1) is 9.38. The molecule has 0 aliphatic heterocycles. The average molecular weight is 251 g/mol. The lowest BCUT2D eigenvalue weighted by Gasteiger charge is -2.00. The van der Waals surface area contributed by atoms with Gasteiger partial charge in [-0.05, 0) is 17.7 Å². The topological polar surface area (TPSA) is 80.5 Å². The van der Waals surface area contributed by atoms with Gasteiger partial charge in [0.05, 0.1) is 12.5 Å². The van der Waals surface area contributed by atoms with E-state index in [9.17, 15) is 0 Å². The standard InChI is InChI=1S/C13H9N5O/c1-2-9-11(19-7-17-9)3-8(1)4-12-14-5-10-13(18-12)16-6-15-10/h1-3,5-7H,4H2,(H,14,15,16,18). The Kier molecular flexibility index (Phi) is 2.08. The molecule has 6 heteroatoms. The van der Waals surface area contributed by atoms with Gasteiger partial charge in [-0.1, -0.05) is 6.07 Å². The number of hydrogen-bond acceptors (Lipinski definition) is 5. The molecule has 6 nitrogen and oxygen atoms in total. The molecule has 0 unspecified atom stereocenters. The number of fused-ring (bicyclic) bond motifs is 2. The zero-order valence-corrected chi connectivity index (χ0v) is 9.87. The van der Waals surface area contributed by atoms with Crippen LogP contribution in [-0.2, 0) is 6.42 Å². The normalized spacial score (nSPS) is 11.4. The monoisotopic (exact) mass is 251 g/mol. The first-order valence-corrected chi connectivity index (χ1v) is 5.85. The number of nitrogens with zero attached hydrogens (tertiary/aromatic N) is 4. The molecule has 0 aliphatic rings. The molecule has 0 fully saturated rings. The van der Waals surface area contributed by atoms with Gasteiger partial charge in [-0.15, -0.1) is 0 Å². The van der Waals surface area contributed by atoms with Crippen LogP contribution in [0.1, 0.15) is 11.4 Å². The van der Waals surface area contributed by atoms with Crippen LogP contribution in [-0.4, -0.2) is 24.9 Å². The first kappa shape index (κ1) is 10.2. The third kappa shape index (κ3) is 1.74. The molecule has 0 saturated heterocycles. The van der Waals surface area contributed by atoms with E-state index in [0.717, 1.165) is 28.0 Å². The summed E-state index contributed by atoms with van der Waals surface area (Å²) >= 11 is 0. The highest BCUT2D eigenvalue weighted by Crippen LogP contribution is 2.16. The molecule has 0 radical (unpaired) electrons. The van der Waals surface area contributed by atoms with Crippen molar-refractivity contribution in [3.05, 3.63) is 48.5 Å². The van der Waals surface area contributed by atoms with E-state index in [-0.39, 0.29) is 0 Å². The van der Waals surface area contributed by atoms with Crippen molar-refractivity contribution in [3.63, 3.8) is 0 Å². The fraction of sp³-hybridized carbons (Fsp3) is 0.0769. The van der Waals surface area contributed by atoms with Crippen molar-refractivity contribution >= 4 is 22.3 Å². The molecular formula is C13H9N5O. The first-order valence-electron chi connectivity index (χ1n) is 5.85. The number of nitrogens with one attached hydrogen (secondary N) is 1. The Morgan fingerprint density at radius 2 is 2.16 bits per heavy atom. The van der Waals surface area contributed by atoms with Gasteiger partial charge >= 0.3 is 0 Å². The Bertz CT molecular complexity index is 791. The van der Waals surface area contributed by atoms with Crippen molar-refractivity contribution < 1.29 is 4.42 Å². The molecule has 92 valence electrons. The quantitative estimate of drug-likeness (QED) is 0.590. The fourth-order valence-electron chi connectivity index (χ4n) is 2.05. The van der Waals surface area contributed by atoms with Crippen LogP contribution in [0.3, 0.4) is 0 Å². The molecule has 1 N–H and O–H groups in total. The molecule has 4 rings (SSSR count). The number of H-pyrrole nitrogens is 1. The SMILES string of the molecule is c1nc2nc(Cc3ccc4ncoc4c3)ncc2[nH]1. The Morgan fingerprint density at radius 1 is 1.16 bits per heavy atom. The minimum absolute atomic E-state index is 0.638. The van der Waals surface area contributed by atoms with Gasteiger partial charge < -0.3 is 9.40 Å². The van der Waals surface area contributed by atoms with Gasteiger partial charge in [0.15, 0.2) is 17.6 Å². The van der Waals surface area contributed by atoms with E-state index in [1.807, 2.05) is 18.2 Å². The molecule has 1 aromatic carbocycles. The largest absolute Gasteiger partial charge is 0.443 e. The summed E-state index contributed by atoms with van der Waals surface area (Å²) in [6, 6.07) is 5.89. The maximum absolute atomic E-state index is 5.28. The maximum Gasteiger partial charge on any atom is 0.181 e. The summed E-state index contributed by atoms with van der Waals surface area (Å²) in [6.45, 7) is 0. The minimum Gasteiger partial charge on any atom is -0.443 e. The number of oxazole rings is 1. The Balaban J connectivity index is 1.72. The van der Waals surface area contributed by atoms with E-state index >= 15 is 0 Å². The summed E-state index contributed by atoms with van der Waals surface area (Å²) in [5.41, 5.74) is 4.24. The molecule has 0 spiro atoms. The maximum atomic E-state index is 5.28. The van der Waals surface area contributed by atoms with Crippen molar-refractivity contribution in [2.75, 3.05) is 0 Å². The van der Waals surface area contributed by atoms with Crippen LogP contribution in [0, 0.1) is 0 Å². The predicted molar refractivity (Wildman–Crippen MR) is 68.5 cm³/mol. The Morgan fingerprint density at radius 3 is 3.16 bits per heavy atom. The molecule has 3 aromatic heterocycles. The van der Waals surface area contributed by atoms with E-state index in [1.165, 1.54) is 6.39 Å². The van der Waals surface area contributed by atoms with E-state index in [4.69, 9.17) is 4.42 Å². The lowest BCUT2D eigenvalue weighted by Crippen LogP contribution is -1.96. The average Bonchev–Trinajstić information content (AvgIpc) is 3.05. The number of aromatic nitrogens is 5. The van der Waals surface area contributed by atoms with Gasteiger partial charge in [0.25, 0.3) is 0 Å². The highest BCUT2D eigenvalue weighted by molar-refractivity contribution is 5.73. The predicted octanol–water partition coefficient (Wildman–Crippen LogP) is 2.08. The van der Waals surface area contributed by atoms with Crippen LogP contribution in [0.5, 0.6) is 0 Å². The summed E-state index contributed by atoms with van der Waals surface area (Å²) in [6.07, 6.45) is 5.45. The van der Waals surface area contributed by atoms with E-state index in [2.05, 4.69) is 24.9 Å². The van der Waals surface area contributed by atoms with Crippen LogP contribution < -0.4 is 0 Å². The van der Waals surface area contributed by atoms with Crippen molar-refractivity contribution in [2.45, 2.75) is 6.42 Å². The van der Waals surface area contributed by atoms with Gasteiger partial charge in [0.2, 0.25) is 0 Å². The Labute approximate surface area is 107 Å². The van der Waals surface area contributed by atoms with Crippen LogP contribution in [0.4, 0.5) is 0 Å². The second kappa shape index (κ2) is 3.88. The third-order valence-electron chi connectivity index (χ3n) is 2.98. The van der Waals surface area contributed by atoms with Gasteiger partial charge in [0, 0.05) is 6.42 Å². The second-order valence-corrected chi connectivity index (χ2v) is 4.26. The van der Waals surface area contributed by atoms with Gasteiger partial charge in [-0.25, -0.2) is 19.9 Å². The lowest BCUT2D eigenvalue weighted by molar-refractivity contribution is 0.602. The molecule has 0 bridgehead atoms. The Hall–Kier alpha value is -2.76. The molecule has 0 saturated carbocycles. The fourth-order valence-corrected chi connectivity index (χ4v) is 2.05. The number of imidazole rings is 1. The van der Waals surface area contributed by atoms with Crippen LogP contribution >= 0.6 is 0 Å². The number of benzene rings is 1. The lowest BCUT2D eigenvalue weighted by atomic mass is 10.1. The van der Waals surface area contributed by atoms with Crippen molar-refractivity contribution in [1.82, 2.24) is 24.9 Å². The molecule has 0 aliphatic carbocycles. The smallest absolute Gasteiger partial charge is 0.181 e. The summed E-state index contributed by atoms with van der Waals surface area (Å²) in [4.78, 5) is 19.9. The summed E-state index contributed by atoms with van der Waals surface area (Å²) in [5, 5.41) is 0. The van der Waals surface area contributed by atoms with E-state index < -0.39 is 0 Å². The summed E-state index contributed by atoms with van der Waals surface area (Å²) < 4.78 is 5.28. The summed E-state index contributed by atoms with van der Waals surface area (Å²) in [5.74, 6) is 0.735. The van der Waals surface area contributed by atoms with E-state index in [0.29, 0.717) is 12.1 Å². The molecule has 0 amide bonds. The van der Waals surface area contributed by atoms with Gasteiger partial charge in [0.1, 0.15) is 16.9 Å². The summed E-state index contributed by atoms with van der Waals surface area (Å²) in [7, 11) is 0. The molecule has 0 atom stereocenters. The van der Waals surface area contributed by atoms with Crippen LogP contribution in [0.25, 0.3) is 22.3 Å². The van der Waals surface area contributed by atoms with Crippen LogP contribution in [0.2, 0.25) is 0 Å². The van der Waals surface area contributed by atoms with Crippen LogP contribution in [0.15, 0.2) is 41.5 Å². The van der Waals surface area contributed by atoms with E-state index in [1.54, 1.807) is 12.5 Å². The van der Waals surface area contributed by atoms with Crippen molar-refractivity contribution in [2.24, 2.45) is 0 Å². The highest BCUT2D eigenvalue weighted by Gasteiger charge is 2.05. The van der Waals surface area contributed by atoms with Crippen molar-refractivity contribution in [1.29, 1.82) is 0 Å². The molecule has 19 heavy (non-hydrogen) atoms. The number of rotatable bonds is 2. The zero-order valence-electron chi connectivity index (χ0n) is 9.87. The minimum atomic E-state index is 0.638. The second-order valence-electron chi connectivity index (χ2n) is 4.26. The highest BCUT2D eigenvalue weighted by atomic mass is 16.3. The molecule has 3 heterocycles. The number of aromatic amines is 1. The molecule has 4 aromatic rings. The number of hydrogen-bond donors (Lipinski definition) is 1. The zero-order chi connectivity index (χ0) is 12.7. The van der Waals surface area contributed by atoms with Gasteiger partial charge in [-0.3, -0.25) is 0 Å². The molecular weight excluding hydrogens is 242 g/mol. The van der Waals surface area contributed by atoms with Crippen molar-refractivity contribution in [3.8, 4) is 0 Å². The third-order valence-corrected chi connectivity index (χ3v) is 2.98.